The van der Waals surface area contributed by atoms with Crippen LogP contribution >= 0.6 is 29.3 Å². The molecule has 0 radical (unpaired) electrons. The van der Waals surface area contributed by atoms with Gasteiger partial charge in [0.05, 0.1) is 0 Å². The molecule has 0 saturated carbocycles. The van der Waals surface area contributed by atoms with Gasteiger partial charge >= 0.3 is 6.09 Å². The van der Waals surface area contributed by atoms with Gasteiger partial charge in [0, 0.05) is 15.9 Å². The first-order chi connectivity index (χ1) is 13.5. The summed E-state index contributed by atoms with van der Waals surface area (Å²) in [4.78, 5) is 12.4. The first kappa shape index (κ1) is 20.5. The standard InChI is InChI=1S/C21H18Cl2NO3P/c22-19-14-8-7-13-18(19)20(28(23,26)17-11-5-2-6-12-17)24-21(25)27-15-16-9-3-1-4-10-16/h1-14,20H,15H2,(H,24,25). The second-order valence-corrected chi connectivity index (χ2v) is 10.1. The van der Waals surface area contributed by atoms with Crippen LogP contribution in [0, 0.1) is 0 Å². The maximum Gasteiger partial charge on any atom is 0.408 e. The smallest absolute Gasteiger partial charge is 0.408 e. The van der Waals surface area contributed by atoms with Crippen molar-refractivity contribution >= 4 is 40.7 Å². The number of hydrogen-bond acceptors (Lipinski definition) is 3. The van der Waals surface area contributed by atoms with Crippen molar-refractivity contribution in [1.29, 1.82) is 0 Å². The highest BCUT2D eigenvalue weighted by Crippen LogP contribution is 2.61. The molecule has 7 heteroatoms. The number of ether oxygens (including phenoxy) is 1. The van der Waals surface area contributed by atoms with Crippen LogP contribution in [0.15, 0.2) is 84.9 Å². The summed E-state index contributed by atoms with van der Waals surface area (Å²) in [5.74, 6) is -1.03. The molecular formula is C21H18Cl2NO3P. The molecule has 0 heterocycles. The summed E-state index contributed by atoms with van der Waals surface area (Å²) in [7, 11) is 0. The number of hydrogen-bond donors (Lipinski definition) is 1. The van der Waals surface area contributed by atoms with Crippen molar-refractivity contribution in [3.8, 4) is 0 Å². The van der Waals surface area contributed by atoms with Crippen molar-refractivity contribution in [3.63, 3.8) is 0 Å². The zero-order valence-corrected chi connectivity index (χ0v) is 17.2. The lowest BCUT2D eigenvalue weighted by Crippen LogP contribution is -2.30. The van der Waals surface area contributed by atoms with E-state index in [1.165, 1.54) is 0 Å². The second-order valence-electron chi connectivity index (χ2n) is 6.04. The van der Waals surface area contributed by atoms with Gasteiger partial charge in [-0.15, -0.1) is 0 Å². The third kappa shape index (κ3) is 4.96. The summed E-state index contributed by atoms with van der Waals surface area (Å²) in [6.45, 7) is -3.49. The Balaban J connectivity index is 1.86. The summed E-state index contributed by atoms with van der Waals surface area (Å²) < 4.78 is 18.8. The zero-order valence-electron chi connectivity index (χ0n) is 14.8. The zero-order chi connectivity index (χ0) is 20.0. The Bertz CT molecular complexity index is 983. The Morgan fingerprint density at radius 1 is 0.929 bits per heavy atom. The van der Waals surface area contributed by atoms with Crippen LogP contribution in [0.2, 0.25) is 5.02 Å². The maximum absolute atomic E-state index is 13.5. The number of halogens is 2. The van der Waals surface area contributed by atoms with Crippen LogP contribution in [0.25, 0.3) is 0 Å². The van der Waals surface area contributed by atoms with Crippen LogP contribution in [0.1, 0.15) is 16.9 Å². The Morgan fingerprint density at radius 3 is 2.14 bits per heavy atom. The summed E-state index contributed by atoms with van der Waals surface area (Å²) in [6, 6.07) is 24.7. The van der Waals surface area contributed by atoms with Gasteiger partial charge in [-0.1, -0.05) is 90.5 Å². The first-order valence-electron chi connectivity index (χ1n) is 8.55. The van der Waals surface area contributed by atoms with E-state index in [1.54, 1.807) is 54.6 Å². The van der Waals surface area contributed by atoms with Crippen molar-refractivity contribution in [2.75, 3.05) is 0 Å². The fourth-order valence-electron chi connectivity index (χ4n) is 2.69. The molecule has 0 saturated heterocycles. The summed E-state index contributed by atoms with van der Waals surface area (Å²) >= 11 is 12.8. The molecule has 144 valence electrons. The van der Waals surface area contributed by atoms with E-state index in [1.807, 2.05) is 30.3 Å². The number of carbonyl (C=O) groups is 1. The Morgan fingerprint density at radius 2 is 1.50 bits per heavy atom. The van der Waals surface area contributed by atoms with Crippen LogP contribution in [0.4, 0.5) is 4.79 Å². The van der Waals surface area contributed by atoms with Gasteiger partial charge in [0.1, 0.15) is 12.4 Å². The average Bonchev–Trinajstić information content (AvgIpc) is 2.72. The van der Waals surface area contributed by atoms with Gasteiger partial charge in [-0.05, 0) is 22.9 Å². The van der Waals surface area contributed by atoms with Crippen LogP contribution in [0.3, 0.4) is 0 Å². The lowest BCUT2D eigenvalue weighted by atomic mass is 10.2. The normalized spacial score (nSPS) is 13.9. The predicted molar refractivity (Wildman–Crippen MR) is 113 cm³/mol. The Kier molecular flexibility index (Phi) is 6.79. The maximum atomic E-state index is 13.5. The monoisotopic (exact) mass is 433 g/mol. The first-order valence-corrected chi connectivity index (χ1v) is 11.6. The van der Waals surface area contributed by atoms with Gasteiger partial charge < -0.3 is 10.1 Å². The van der Waals surface area contributed by atoms with Crippen LogP contribution < -0.4 is 10.6 Å². The topological polar surface area (TPSA) is 55.4 Å². The summed E-state index contributed by atoms with van der Waals surface area (Å²) in [5, 5.41) is 3.42. The highest BCUT2D eigenvalue weighted by Gasteiger charge is 2.37. The fourth-order valence-corrected chi connectivity index (χ4v) is 5.55. The van der Waals surface area contributed by atoms with Crippen molar-refractivity contribution in [2.45, 2.75) is 12.4 Å². The van der Waals surface area contributed by atoms with Crippen molar-refractivity contribution < 1.29 is 14.1 Å². The summed E-state index contributed by atoms with van der Waals surface area (Å²) in [5.41, 5.74) is 1.30. The third-order valence-corrected chi connectivity index (χ3v) is 7.70. The third-order valence-electron chi connectivity index (χ3n) is 4.11. The van der Waals surface area contributed by atoms with Crippen molar-refractivity contribution in [2.24, 2.45) is 0 Å². The van der Waals surface area contributed by atoms with E-state index in [2.05, 4.69) is 5.32 Å². The SMILES string of the molecule is O=C(NC(c1ccccc1Cl)P(=O)(Cl)c1ccccc1)OCc1ccccc1. The Labute approximate surface area is 173 Å². The van der Waals surface area contributed by atoms with E-state index >= 15 is 0 Å². The minimum absolute atomic E-state index is 0.0832. The van der Waals surface area contributed by atoms with E-state index < -0.39 is 18.4 Å². The highest BCUT2D eigenvalue weighted by molar-refractivity contribution is 7.95. The minimum atomic E-state index is -3.58. The van der Waals surface area contributed by atoms with Gasteiger partial charge in [-0.3, -0.25) is 4.57 Å². The van der Waals surface area contributed by atoms with E-state index in [9.17, 15) is 9.36 Å². The molecule has 3 aromatic carbocycles. The van der Waals surface area contributed by atoms with Crippen LogP contribution in [-0.4, -0.2) is 6.09 Å². The molecule has 28 heavy (non-hydrogen) atoms. The molecule has 0 fully saturated rings. The average molecular weight is 434 g/mol. The summed E-state index contributed by atoms with van der Waals surface area (Å²) in [6.07, 6.45) is -0.731. The van der Waals surface area contributed by atoms with Crippen LogP contribution in [0.5, 0.6) is 0 Å². The van der Waals surface area contributed by atoms with Crippen LogP contribution in [-0.2, 0) is 15.9 Å². The van der Waals surface area contributed by atoms with Gasteiger partial charge in [0.2, 0.25) is 6.49 Å². The molecule has 1 amide bonds. The molecule has 2 unspecified atom stereocenters. The van der Waals surface area contributed by atoms with E-state index in [-0.39, 0.29) is 6.61 Å². The molecule has 0 aliphatic rings. The predicted octanol–water partition coefficient (Wildman–Crippen LogP) is 6.11. The number of alkyl carbamates (subject to hydrolysis) is 1. The van der Waals surface area contributed by atoms with E-state index in [0.717, 1.165) is 5.56 Å². The molecule has 2 atom stereocenters. The number of nitrogens with one attached hydrogen (secondary N) is 1. The minimum Gasteiger partial charge on any atom is -0.445 e. The molecule has 0 spiro atoms. The molecular weight excluding hydrogens is 416 g/mol. The largest absolute Gasteiger partial charge is 0.445 e. The fraction of sp³-hybridized carbons (Fsp3) is 0.0952. The molecule has 0 aromatic heterocycles. The lowest BCUT2D eigenvalue weighted by Gasteiger charge is -2.25. The Hall–Kier alpha value is -2.26. The lowest BCUT2D eigenvalue weighted by molar-refractivity contribution is 0.138. The molecule has 4 nitrogen and oxygen atoms in total. The number of amides is 1. The number of benzene rings is 3. The second kappa shape index (κ2) is 9.29. The molecule has 1 N–H and O–H groups in total. The molecule has 0 bridgehead atoms. The van der Waals surface area contributed by atoms with Crippen molar-refractivity contribution in [1.82, 2.24) is 5.32 Å². The van der Waals surface area contributed by atoms with E-state index in [4.69, 9.17) is 27.6 Å². The van der Waals surface area contributed by atoms with Gasteiger partial charge in [-0.2, -0.15) is 0 Å². The number of carbonyl (C=O) groups excluding carboxylic acids is 1. The highest BCUT2D eigenvalue weighted by atomic mass is 35.7. The van der Waals surface area contributed by atoms with Gasteiger partial charge in [0.15, 0.2) is 0 Å². The molecule has 3 rings (SSSR count). The van der Waals surface area contributed by atoms with Gasteiger partial charge in [-0.25, -0.2) is 4.79 Å². The quantitative estimate of drug-likeness (QED) is 0.477. The molecule has 0 aliphatic carbocycles. The van der Waals surface area contributed by atoms with Gasteiger partial charge in [0.25, 0.3) is 0 Å². The molecule has 3 aromatic rings. The number of rotatable bonds is 6. The van der Waals surface area contributed by atoms with Crippen molar-refractivity contribution in [3.05, 3.63) is 101 Å². The van der Waals surface area contributed by atoms with E-state index in [0.29, 0.717) is 15.9 Å². The molecule has 0 aliphatic heterocycles.